The highest BCUT2D eigenvalue weighted by molar-refractivity contribution is 8.00. The molecule has 0 aromatic rings. The summed E-state index contributed by atoms with van der Waals surface area (Å²) in [7, 11) is 0. The second-order valence-electron chi connectivity index (χ2n) is 5.99. The largest absolute Gasteiger partial charge is 0.313 e. The van der Waals surface area contributed by atoms with Crippen molar-refractivity contribution in [1.82, 2.24) is 5.32 Å². The van der Waals surface area contributed by atoms with Gasteiger partial charge >= 0.3 is 0 Å². The van der Waals surface area contributed by atoms with Gasteiger partial charge in [-0.2, -0.15) is 11.8 Å². The van der Waals surface area contributed by atoms with Crippen LogP contribution in [0.25, 0.3) is 0 Å². The summed E-state index contributed by atoms with van der Waals surface area (Å²) >= 11 is 2.21. The van der Waals surface area contributed by atoms with Gasteiger partial charge in [-0.05, 0) is 49.8 Å². The molecular formula is C15H31NS. The molecule has 3 atom stereocenters. The van der Waals surface area contributed by atoms with Crippen LogP contribution in [0.4, 0.5) is 0 Å². The van der Waals surface area contributed by atoms with E-state index in [0.29, 0.717) is 0 Å². The van der Waals surface area contributed by atoms with Crippen molar-refractivity contribution in [3.05, 3.63) is 0 Å². The van der Waals surface area contributed by atoms with Gasteiger partial charge in [-0.15, -0.1) is 0 Å². The lowest BCUT2D eigenvalue weighted by Crippen LogP contribution is -2.44. The molecule has 1 aliphatic rings. The summed E-state index contributed by atoms with van der Waals surface area (Å²) in [6.45, 7) is 10.6. The highest BCUT2D eigenvalue weighted by atomic mass is 32.2. The second-order valence-corrected chi connectivity index (χ2v) is 7.34. The Labute approximate surface area is 113 Å². The summed E-state index contributed by atoms with van der Waals surface area (Å²) in [5, 5.41) is 4.69. The van der Waals surface area contributed by atoms with E-state index in [1.807, 2.05) is 0 Å². The lowest BCUT2D eigenvalue weighted by molar-refractivity contribution is 0.307. The Kier molecular flexibility index (Phi) is 7.61. The summed E-state index contributed by atoms with van der Waals surface area (Å²) in [4.78, 5) is 0. The highest BCUT2D eigenvalue weighted by Crippen LogP contribution is 2.32. The van der Waals surface area contributed by atoms with Crippen LogP contribution in [0.15, 0.2) is 0 Å². The van der Waals surface area contributed by atoms with Crippen LogP contribution >= 0.6 is 11.8 Å². The average molecular weight is 257 g/mol. The number of hydrogen-bond acceptors (Lipinski definition) is 2. The van der Waals surface area contributed by atoms with Gasteiger partial charge in [-0.25, -0.2) is 0 Å². The Morgan fingerprint density at radius 2 is 2.00 bits per heavy atom. The SMILES string of the molecule is CCCNC(C(C)CC(C)C)C1CCCCS1. The first-order valence-corrected chi connectivity index (χ1v) is 8.55. The second kappa shape index (κ2) is 8.42. The van der Waals surface area contributed by atoms with E-state index >= 15 is 0 Å². The molecule has 1 nitrogen and oxygen atoms in total. The van der Waals surface area contributed by atoms with Crippen LogP contribution in [0, 0.1) is 11.8 Å². The molecule has 1 rings (SSSR count). The van der Waals surface area contributed by atoms with Gasteiger partial charge in [-0.1, -0.05) is 34.1 Å². The van der Waals surface area contributed by atoms with Crippen molar-refractivity contribution in [3.63, 3.8) is 0 Å². The van der Waals surface area contributed by atoms with Crippen molar-refractivity contribution in [2.75, 3.05) is 12.3 Å². The molecule has 0 bridgehead atoms. The summed E-state index contributed by atoms with van der Waals surface area (Å²) in [5.74, 6) is 3.02. The molecule has 0 saturated carbocycles. The van der Waals surface area contributed by atoms with E-state index in [2.05, 4.69) is 44.8 Å². The van der Waals surface area contributed by atoms with Gasteiger partial charge < -0.3 is 5.32 Å². The molecule has 0 aliphatic carbocycles. The highest BCUT2D eigenvalue weighted by Gasteiger charge is 2.28. The van der Waals surface area contributed by atoms with Crippen LogP contribution in [0.1, 0.15) is 59.8 Å². The molecule has 1 saturated heterocycles. The van der Waals surface area contributed by atoms with E-state index in [1.54, 1.807) is 0 Å². The average Bonchev–Trinajstić information content (AvgIpc) is 2.30. The third kappa shape index (κ3) is 5.65. The Morgan fingerprint density at radius 3 is 2.53 bits per heavy atom. The monoisotopic (exact) mass is 257 g/mol. The zero-order valence-electron chi connectivity index (χ0n) is 12.2. The lowest BCUT2D eigenvalue weighted by Gasteiger charge is -2.35. The maximum absolute atomic E-state index is 3.82. The Bertz CT molecular complexity index is 187. The van der Waals surface area contributed by atoms with E-state index in [1.165, 1.54) is 44.4 Å². The first-order valence-electron chi connectivity index (χ1n) is 7.50. The van der Waals surface area contributed by atoms with Crippen molar-refractivity contribution in [3.8, 4) is 0 Å². The molecule has 1 aliphatic heterocycles. The topological polar surface area (TPSA) is 12.0 Å². The van der Waals surface area contributed by atoms with Crippen LogP contribution in [0.5, 0.6) is 0 Å². The molecule has 0 amide bonds. The zero-order valence-corrected chi connectivity index (χ0v) is 13.0. The summed E-state index contributed by atoms with van der Waals surface area (Å²) in [6.07, 6.45) is 6.91. The van der Waals surface area contributed by atoms with Gasteiger partial charge in [-0.3, -0.25) is 0 Å². The third-order valence-electron chi connectivity index (χ3n) is 3.70. The molecule has 102 valence electrons. The third-order valence-corrected chi connectivity index (χ3v) is 5.18. The molecule has 0 aromatic carbocycles. The Hall–Kier alpha value is 0.310. The Balaban J connectivity index is 2.50. The van der Waals surface area contributed by atoms with E-state index < -0.39 is 0 Å². The van der Waals surface area contributed by atoms with Crippen LogP contribution in [-0.4, -0.2) is 23.6 Å². The van der Waals surface area contributed by atoms with Gasteiger partial charge in [0.15, 0.2) is 0 Å². The maximum Gasteiger partial charge on any atom is 0.0212 e. The number of thioether (sulfide) groups is 1. The molecule has 3 unspecified atom stereocenters. The van der Waals surface area contributed by atoms with E-state index in [0.717, 1.165) is 23.1 Å². The molecule has 0 radical (unpaired) electrons. The molecular weight excluding hydrogens is 226 g/mol. The number of rotatable bonds is 7. The molecule has 17 heavy (non-hydrogen) atoms. The zero-order chi connectivity index (χ0) is 12.7. The summed E-state index contributed by atoms with van der Waals surface area (Å²) in [6, 6.07) is 0.739. The molecule has 1 N–H and O–H groups in total. The van der Waals surface area contributed by atoms with E-state index in [-0.39, 0.29) is 0 Å². The fourth-order valence-electron chi connectivity index (χ4n) is 2.95. The van der Waals surface area contributed by atoms with Crippen molar-refractivity contribution in [2.24, 2.45) is 11.8 Å². The molecule has 1 heterocycles. The van der Waals surface area contributed by atoms with Crippen molar-refractivity contribution < 1.29 is 0 Å². The smallest absolute Gasteiger partial charge is 0.0212 e. The fraction of sp³-hybridized carbons (Fsp3) is 1.00. The quantitative estimate of drug-likeness (QED) is 0.729. The molecule has 0 aromatic heterocycles. The summed E-state index contributed by atoms with van der Waals surface area (Å²) in [5.41, 5.74) is 0. The van der Waals surface area contributed by atoms with Gasteiger partial charge in [0, 0.05) is 11.3 Å². The first kappa shape index (κ1) is 15.4. The molecule has 2 heteroatoms. The van der Waals surface area contributed by atoms with Gasteiger partial charge in [0.2, 0.25) is 0 Å². The van der Waals surface area contributed by atoms with Crippen LogP contribution in [-0.2, 0) is 0 Å². The molecule has 0 spiro atoms. The van der Waals surface area contributed by atoms with E-state index in [9.17, 15) is 0 Å². The fourth-order valence-corrected chi connectivity index (χ4v) is 4.53. The van der Waals surface area contributed by atoms with Crippen molar-refractivity contribution >= 4 is 11.8 Å². The van der Waals surface area contributed by atoms with Gasteiger partial charge in [0.05, 0.1) is 0 Å². The minimum Gasteiger partial charge on any atom is -0.313 e. The van der Waals surface area contributed by atoms with Crippen molar-refractivity contribution in [2.45, 2.75) is 71.1 Å². The standard InChI is InChI=1S/C15H31NS/c1-5-9-16-15(13(4)11-12(2)3)14-8-6-7-10-17-14/h12-16H,5-11H2,1-4H3. The van der Waals surface area contributed by atoms with Crippen LogP contribution < -0.4 is 5.32 Å². The van der Waals surface area contributed by atoms with Gasteiger partial charge in [0.25, 0.3) is 0 Å². The lowest BCUT2D eigenvalue weighted by atomic mass is 9.88. The van der Waals surface area contributed by atoms with E-state index in [4.69, 9.17) is 0 Å². The van der Waals surface area contributed by atoms with Gasteiger partial charge in [0.1, 0.15) is 0 Å². The normalized spacial score (nSPS) is 24.9. The van der Waals surface area contributed by atoms with Crippen LogP contribution in [0.2, 0.25) is 0 Å². The molecule has 1 fully saturated rings. The number of hydrogen-bond donors (Lipinski definition) is 1. The summed E-state index contributed by atoms with van der Waals surface area (Å²) < 4.78 is 0. The maximum atomic E-state index is 3.82. The van der Waals surface area contributed by atoms with Crippen LogP contribution in [0.3, 0.4) is 0 Å². The minimum absolute atomic E-state index is 0.739. The van der Waals surface area contributed by atoms with Crippen molar-refractivity contribution in [1.29, 1.82) is 0 Å². The Morgan fingerprint density at radius 1 is 1.24 bits per heavy atom. The number of nitrogens with one attached hydrogen (secondary N) is 1. The predicted molar refractivity (Wildman–Crippen MR) is 80.8 cm³/mol. The predicted octanol–water partition coefficient (Wildman–Crippen LogP) is 4.32. The minimum atomic E-state index is 0.739. The first-order chi connectivity index (χ1) is 8.15.